The van der Waals surface area contributed by atoms with Crippen LogP contribution in [0.1, 0.15) is 43.4 Å². The Kier molecular flexibility index (Phi) is 10.5. The van der Waals surface area contributed by atoms with Crippen LogP contribution >= 0.6 is 11.6 Å². The summed E-state index contributed by atoms with van der Waals surface area (Å²) in [5.74, 6) is -0.817. The highest BCUT2D eigenvalue weighted by molar-refractivity contribution is 7.92. The van der Waals surface area contributed by atoms with Crippen molar-refractivity contribution in [3.05, 3.63) is 94.5 Å². The molecule has 1 N–H and O–H groups in total. The van der Waals surface area contributed by atoms with Crippen molar-refractivity contribution in [2.75, 3.05) is 17.4 Å². The number of hydrogen-bond donors (Lipinski definition) is 1. The zero-order chi connectivity index (χ0) is 28.6. The third-order valence-corrected chi connectivity index (χ3v) is 8.70. The lowest BCUT2D eigenvalue weighted by molar-refractivity contribution is -0.139. The average Bonchev–Trinajstić information content (AvgIpc) is 2.91. The molecule has 7 nitrogen and oxygen atoms in total. The van der Waals surface area contributed by atoms with Gasteiger partial charge in [0.1, 0.15) is 12.6 Å². The topological polar surface area (TPSA) is 86.8 Å². The first-order valence-corrected chi connectivity index (χ1v) is 14.8. The van der Waals surface area contributed by atoms with Gasteiger partial charge in [0.2, 0.25) is 11.8 Å². The highest BCUT2D eigenvalue weighted by Crippen LogP contribution is 2.31. The minimum atomic E-state index is -4.17. The van der Waals surface area contributed by atoms with Crippen LogP contribution in [0, 0.1) is 13.8 Å². The minimum Gasteiger partial charge on any atom is -0.354 e. The van der Waals surface area contributed by atoms with Gasteiger partial charge in [0.05, 0.1) is 15.6 Å². The fourth-order valence-corrected chi connectivity index (χ4v) is 5.82. The SMILES string of the molecule is CCCCNC(=O)C(C)N(Cc1ccccc1C)C(=O)CN(c1ccccc1Cl)S(=O)(=O)c1ccc(C)cc1. The molecular formula is C30H36ClN3O4S. The van der Waals surface area contributed by atoms with E-state index >= 15 is 0 Å². The van der Waals surface area contributed by atoms with E-state index in [0.29, 0.717) is 6.54 Å². The number of sulfonamides is 1. The van der Waals surface area contributed by atoms with E-state index in [9.17, 15) is 18.0 Å². The number of hydrogen-bond acceptors (Lipinski definition) is 4. The number of anilines is 1. The molecule has 0 aliphatic rings. The van der Waals surface area contributed by atoms with Gasteiger partial charge in [0.15, 0.2) is 0 Å². The maximum atomic E-state index is 14.0. The van der Waals surface area contributed by atoms with Crippen molar-refractivity contribution in [2.24, 2.45) is 0 Å². The smallest absolute Gasteiger partial charge is 0.264 e. The summed E-state index contributed by atoms with van der Waals surface area (Å²) >= 11 is 6.44. The molecule has 0 aromatic heterocycles. The number of para-hydroxylation sites is 1. The zero-order valence-electron chi connectivity index (χ0n) is 22.9. The summed E-state index contributed by atoms with van der Waals surface area (Å²) in [7, 11) is -4.17. The third kappa shape index (κ3) is 7.61. The van der Waals surface area contributed by atoms with Gasteiger partial charge < -0.3 is 10.2 Å². The first-order valence-electron chi connectivity index (χ1n) is 13.0. The van der Waals surface area contributed by atoms with Crippen molar-refractivity contribution in [1.82, 2.24) is 10.2 Å². The molecular weight excluding hydrogens is 534 g/mol. The van der Waals surface area contributed by atoms with Gasteiger partial charge in [-0.2, -0.15) is 0 Å². The number of amides is 2. The molecule has 3 aromatic carbocycles. The maximum Gasteiger partial charge on any atom is 0.264 e. The van der Waals surface area contributed by atoms with Crippen molar-refractivity contribution in [3.8, 4) is 0 Å². The van der Waals surface area contributed by atoms with Crippen LogP contribution in [-0.4, -0.2) is 44.3 Å². The molecule has 3 aromatic rings. The van der Waals surface area contributed by atoms with Crippen molar-refractivity contribution in [1.29, 1.82) is 0 Å². The Morgan fingerprint density at radius 2 is 1.59 bits per heavy atom. The summed E-state index contributed by atoms with van der Waals surface area (Å²) < 4.78 is 28.7. The molecule has 1 atom stereocenters. The summed E-state index contributed by atoms with van der Waals surface area (Å²) in [6.07, 6.45) is 1.74. The van der Waals surface area contributed by atoms with E-state index < -0.39 is 28.5 Å². The predicted molar refractivity (Wildman–Crippen MR) is 156 cm³/mol. The molecule has 0 aliphatic heterocycles. The summed E-state index contributed by atoms with van der Waals surface area (Å²) in [6.45, 7) is 7.60. The molecule has 0 heterocycles. The Labute approximate surface area is 236 Å². The number of rotatable bonds is 12. The molecule has 1 unspecified atom stereocenters. The minimum absolute atomic E-state index is 0.0385. The molecule has 0 saturated heterocycles. The molecule has 0 saturated carbocycles. The van der Waals surface area contributed by atoms with Gasteiger partial charge >= 0.3 is 0 Å². The van der Waals surface area contributed by atoms with E-state index in [4.69, 9.17) is 11.6 Å². The lowest BCUT2D eigenvalue weighted by Crippen LogP contribution is -2.51. The number of halogens is 1. The standard InChI is InChI=1S/C30H36ClN3O4S/c1-5-6-19-32-30(36)24(4)33(20-25-12-8-7-11-23(25)3)29(35)21-34(28-14-10-9-13-27(28)31)39(37,38)26-17-15-22(2)16-18-26/h7-18,24H,5-6,19-21H2,1-4H3,(H,32,36). The van der Waals surface area contributed by atoms with Gasteiger partial charge in [-0.15, -0.1) is 0 Å². The quantitative estimate of drug-likeness (QED) is 0.292. The van der Waals surface area contributed by atoms with E-state index in [2.05, 4.69) is 5.32 Å². The second-order valence-corrected chi connectivity index (χ2v) is 11.8. The third-order valence-electron chi connectivity index (χ3n) is 6.61. The van der Waals surface area contributed by atoms with Crippen LogP contribution in [0.25, 0.3) is 0 Å². The van der Waals surface area contributed by atoms with Crippen LogP contribution in [0.15, 0.2) is 77.7 Å². The van der Waals surface area contributed by atoms with Crippen molar-refractivity contribution < 1.29 is 18.0 Å². The second kappa shape index (κ2) is 13.6. The molecule has 0 bridgehead atoms. The number of carbonyl (C=O) groups is 2. The van der Waals surface area contributed by atoms with E-state index in [0.717, 1.165) is 33.8 Å². The summed E-state index contributed by atoms with van der Waals surface area (Å²) in [6, 6.07) is 19.7. The lowest BCUT2D eigenvalue weighted by atomic mass is 10.1. The number of benzene rings is 3. The van der Waals surface area contributed by atoms with Gasteiger partial charge in [-0.3, -0.25) is 13.9 Å². The van der Waals surface area contributed by atoms with E-state index in [1.54, 1.807) is 43.3 Å². The van der Waals surface area contributed by atoms with Crippen molar-refractivity contribution >= 4 is 39.1 Å². The van der Waals surface area contributed by atoms with Crippen LogP contribution in [0.3, 0.4) is 0 Å². The molecule has 39 heavy (non-hydrogen) atoms. The Morgan fingerprint density at radius 1 is 0.949 bits per heavy atom. The molecule has 208 valence electrons. The van der Waals surface area contributed by atoms with Crippen LogP contribution < -0.4 is 9.62 Å². The number of unbranched alkanes of at least 4 members (excludes halogenated alkanes) is 1. The van der Waals surface area contributed by atoms with Crippen LogP contribution in [0.5, 0.6) is 0 Å². The highest BCUT2D eigenvalue weighted by Gasteiger charge is 2.33. The fourth-order valence-electron chi connectivity index (χ4n) is 4.09. The number of carbonyl (C=O) groups excluding carboxylic acids is 2. The van der Waals surface area contributed by atoms with E-state index in [1.807, 2.05) is 45.0 Å². The predicted octanol–water partition coefficient (Wildman–Crippen LogP) is 5.49. The highest BCUT2D eigenvalue weighted by atomic mass is 35.5. The molecule has 0 fully saturated rings. The Bertz CT molecular complexity index is 1390. The lowest BCUT2D eigenvalue weighted by Gasteiger charge is -2.32. The number of nitrogens with one attached hydrogen (secondary N) is 1. The van der Waals surface area contributed by atoms with E-state index in [-0.39, 0.29) is 28.1 Å². The second-order valence-electron chi connectivity index (χ2n) is 9.54. The zero-order valence-corrected chi connectivity index (χ0v) is 24.4. The normalized spacial score (nSPS) is 12.0. The Balaban J connectivity index is 2.02. The Morgan fingerprint density at radius 3 is 2.23 bits per heavy atom. The maximum absolute atomic E-state index is 14.0. The van der Waals surface area contributed by atoms with Crippen LogP contribution in [0.2, 0.25) is 5.02 Å². The molecule has 0 spiro atoms. The fraction of sp³-hybridized carbons (Fsp3) is 0.333. The molecule has 0 radical (unpaired) electrons. The van der Waals surface area contributed by atoms with Gasteiger partial charge in [-0.1, -0.05) is 79.0 Å². The van der Waals surface area contributed by atoms with Gasteiger partial charge in [0.25, 0.3) is 10.0 Å². The molecule has 0 aliphatic carbocycles. The first-order chi connectivity index (χ1) is 18.6. The van der Waals surface area contributed by atoms with Gasteiger partial charge in [0, 0.05) is 13.1 Å². The largest absolute Gasteiger partial charge is 0.354 e. The van der Waals surface area contributed by atoms with Gasteiger partial charge in [-0.05, 0) is 62.6 Å². The van der Waals surface area contributed by atoms with E-state index in [1.165, 1.54) is 17.0 Å². The number of aryl methyl sites for hydroxylation is 2. The summed E-state index contributed by atoms with van der Waals surface area (Å²) in [4.78, 5) is 28.5. The average molecular weight is 570 g/mol. The van der Waals surface area contributed by atoms with Gasteiger partial charge in [-0.25, -0.2) is 8.42 Å². The van der Waals surface area contributed by atoms with Crippen molar-refractivity contribution in [2.45, 2.75) is 58.0 Å². The molecule has 9 heteroatoms. The van der Waals surface area contributed by atoms with Crippen LogP contribution in [0.4, 0.5) is 5.69 Å². The Hall–Kier alpha value is -3.36. The number of nitrogens with zero attached hydrogens (tertiary/aromatic N) is 2. The summed E-state index contributed by atoms with van der Waals surface area (Å²) in [5, 5.41) is 3.08. The first kappa shape index (κ1) is 30.2. The molecule has 3 rings (SSSR count). The molecule has 2 amide bonds. The monoisotopic (exact) mass is 569 g/mol. The van der Waals surface area contributed by atoms with Crippen LogP contribution in [-0.2, 0) is 26.2 Å². The summed E-state index contributed by atoms with van der Waals surface area (Å²) in [5.41, 5.74) is 2.92. The van der Waals surface area contributed by atoms with Crippen molar-refractivity contribution in [3.63, 3.8) is 0 Å².